The Morgan fingerprint density at radius 2 is 1.89 bits per heavy atom. The van der Waals surface area contributed by atoms with Crippen molar-refractivity contribution in [2.45, 2.75) is 19.8 Å². The van der Waals surface area contributed by atoms with Crippen molar-refractivity contribution in [1.29, 1.82) is 0 Å². The standard InChI is InChI=1S/C13H11Br2FN2/c1-7(2)13-17-10(6-11(15)18-13)8-4-3-5-9(14)12(8)16/h3-7H,1-2H3. The largest absolute Gasteiger partial charge is 0.232 e. The third-order valence-electron chi connectivity index (χ3n) is 2.46. The summed E-state index contributed by atoms with van der Waals surface area (Å²) in [5.41, 5.74) is 1.05. The van der Waals surface area contributed by atoms with Gasteiger partial charge in [-0.15, -0.1) is 0 Å². The Morgan fingerprint density at radius 3 is 2.56 bits per heavy atom. The van der Waals surface area contributed by atoms with Gasteiger partial charge in [0, 0.05) is 11.5 Å². The first-order chi connectivity index (χ1) is 8.49. The summed E-state index contributed by atoms with van der Waals surface area (Å²) in [6, 6.07) is 6.88. The lowest BCUT2D eigenvalue weighted by Gasteiger charge is -2.09. The Kier molecular flexibility index (Phi) is 4.12. The van der Waals surface area contributed by atoms with Crippen molar-refractivity contribution in [1.82, 2.24) is 9.97 Å². The van der Waals surface area contributed by atoms with Gasteiger partial charge in [0.1, 0.15) is 16.2 Å². The first-order valence-electron chi connectivity index (χ1n) is 5.48. The average Bonchev–Trinajstić information content (AvgIpc) is 2.31. The summed E-state index contributed by atoms with van der Waals surface area (Å²) < 4.78 is 15.1. The molecule has 0 fully saturated rings. The van der Waals surface area contributed by atoms with Crippen molar-refractivity contribution in [2.75, 3.05) is 0 Å². The van der Waals surface area contributed by atoms with Crippen LogP contribution < -0.4 is 0 Å². The van der Waals surface area contributed by atoms with Crippen LogP contribution in [0.3, 0.4) is 0 Å². The second-order valence-electron chi connectivity index (χ2n) is 4.19. The first-order valence-corrected chi connectivity index (χ1v) is 7.06. The van der Waals surface area contributed by atoms with E-state index in [1.54, 1.807) is 24.3 Å². The van der Waals surface area contributed by atoms with Gasteiger partial charge < -0.3 is 0 Å². The van der Waals surface area contributed by atoms with Crippen molar-refractivity contribution in [2.24, 2.45) is 0 Å². The molecular weight excluding hydrogens is 363 g/mol. The van der Waals surface area contributed by atoms with Gasteiger partial charge in [-0.2, -0.15) is 0 Å². The zero-order chi connectivity index (χ0) is 13.3. The summed E-state index contributed by atoms with van der Waals surface area (Å²) in [5, 5.41) is 0. The second kappa shape index (κ2) is 5.45. The average molecular weight is 374 g/mol. The molecule has 0 aliphatic carbocycles. The van der Waals surface area contributed by atoms with E-state index in [-0.39, 0.29) is 11.7 Å². The predicted molar refractivity (Wildman–Crippen MR) is 76.9 cm³/mol. The summed E-state index contributed by atoms with van der Waals surface area (Å²) >= 11 is 6.52. The molecule has 18 heavy (non-hydrogen) atoms. The van der Waals surface area contributed by atoms with Gasteiger partial charge >= 0.3 is 0 Å². The molecular formula is C13H11Br2FN2. The third-order valence-corrected chi connectivity index (χ3v) is 3.47. The van der Waals surface area contributed by atoms with E-state index in [1.165, 1.54) is 0 Å². The van der Waals surface area contributed by atoms with Gasteiger partial charge in [-0.3, -0.25) is 0 Å². The maximum absolute atomic E-state index is 14.0. The van der Waals surface area contributed by atoms with Crippen LogP contribution in [-0.2, 0) is 0 Å². The van der Waals surface area contributed by atoms with E-state index < -0.39 is 0 Å². The number of rotatable bonds is 2. The van der Waals surface area contributed by atoms with Crippen LogP contribution in [0.2, 0.25) is 0 Å². The van der Waals surface area contributed by atoms with E-state index in [0.29, 0.717) is 26.2 Å². The third kappa shape index (κ3) is 2.78. The minimum absolute atomic E-state index is 0.191. The van der Waals surface area contributed by atoms with E-state index in [1.807, 2.05) is 13.8 Å². The van der Waals surface area contributed by atoms with Crippen LogP contribution in [0, 0.1) is 5.82 Å². The SMILES string of the molecule is CC(C)c1nc(Br)cc(-c2cccc(Br)c2F)n1. The molecule has 0 aliphatic rings. The van der Waals surface area contributed by atoms with E-state index in [4.69, 9.17) is 0 Å². The number of benzene rings is 1. The number of aromatic nitrogens is 2. The summed E-state index contributed by atoms with van der Waals surface area (Å²) in [5.74, 6) is 0.577. The topological polar surface area (TPSA) is 25.8 Å². The van der Waals surface area contributed by atoms with E-state index >= 15 is 0 Å². The molecule has 0 atom stereocenters. The smallest absolute Gasteiger partial charge is 0.146 e. The lowest BCUT2D eigenvalue weighted by molar-refractivity contribution is 0.623. The fourth-order valence-corrected chi connectivity index (χ4v) is 2.30. The molecule has 94 valence electrons. The zero-order valence-electron chi connectivity index (χ0n) is 9.92. The monoisotopic (exact) mass is 372 g/mol. The summed E-state index contributed by atoms with van der Waals surface area (Å²) in [6.45, 7) is 4.01. The van der Waals surface area contributed by atoms with Gasteiger partial charge in [-0.25, -0.2) is 14.4 Å². The van der Waals surface area contributed by atoms with Crippen molar-refractivity contribution in [3.05, 3.63) is 45.0 Å². The van der Waals surface area contributed by atoms with E-state index in [0.717, 1.165) is 0 Å². The Balaban J connectivity index is 2.60. The molecule has 0 unspecified atom stereocenters. The van der Waals surface area contributed by atoms with Crippen molar-refractivity contribution >= 4 is 31.9 Å². The molecule has 0 bridgehead atoms. The van der Waals surface area contributed by atoms with Crippen LogP contribution >= 0.6 is 31.9 Å². The highest BCUT2D eigenvalue weighted by Crippen LogP contribution is 2.28. The van der Waals surface area contributed by atoms with Crippen molar-refractivity contribution < 1.29 is 4.39 Å². The number of hydrogen-bond donors (Lipinski definition) is 0. The minimum Gasteiger partial charge on any atom is -0.232 e. The van der Waals surface area contributed by atoms with Crippen LogP contribution in [-0.4, -0.2) is 9.97 Å². The van der Waals surface area contributed by atoms with Gasteiger partial charge in [0.2, 0.25) is 0 Å². The molecule has 0 spiro atoms. The predicted octanol–water partition coefficient (Wildman–Crippen LogP) is 4.93. The molecule has 2 aromatic rings. The van der Waals surface area contributed by atoms with Gasteiger partial charge in [-0.1, -0.05) is 19.9 Å². The van der Waals surface area contributed by atoms with Crippen LogP contribution in [0.5, 0.6) is 0 Å². The number of halogens is 3. The molecule has 2 nitrogen and oxygen atoms in total. The summed E-state index contributed by atoms with van der Waals surface area (Å²) in [6.07, 6.45) is 0. The molecule has 0 amide bonds. The molecule has 1 heterocycles. The van der Waals surface area contributed by atoms with Crippen LogP contribution in [0.15, 0.2) is 33.3 Å². The molecule has 0 saturated heterocycles. The van der Waals surface area contributed by atoms with Crippen molar-refractivity contribution in [3.63, 3.8) is 0 Å². The fraction of sp³-hybridized carbons (Fsp3) is 0.231. The summed E-state index contributed by atoms with van der Waals surface area (Å²) in [7, 11) is 0. The first kappa shape index (κ1) is 13.6. The molecule has 0 aliphatic heterocycles. The summed E-state index contributed by atoms with van der Waals surface area (Å²) in [4.78, 5) is 8.69. The minimum atomic E-state index is -0.308. The molecule has 0 N–H and O–H groups in total. The molecule has 5 heteroatoms. The molecule has 2 rings (SSSR count). The molecule has 1 aromatic carbocycles. The zero-order valence-corrected chi connectivity index (χ0v) is 13.1. The quantitative estimate of drug-likeness (QED) is 0.697. The fourth-order valence-electron chi connectivity index (χ4n) is 1.53. The highest BCUT2D eigenvalue weighted by Gasteiger charge is 2.13. The molecule has 0 saturated carbocycles. The number of nitrogens with zero attached hydrogens (tertiary/aromatic N) is 2. The van der Waals surface area contributed by atoms with Crippen molar-refractivity contribution in [3.8, 4) is 11.3 Å². The Labute approximate surface area is 122 Å². The second-order valence-corrected chi connectivity index (χ2v) is 5.86. The molecule has 0 radical (unpaired) electrons. The maximum atomic E-state index is 14.0. The van der Waals surface area contributed by atoms with Crippen LogP contribution in [0.1, 0.15) is 25.6 Å². The lowest BCUT2D eigenvalue weighted by atomic mass is 10.1. The Hall–Kier alpha value is -0.810. The van der Waals surface area contributed by atoms with Gasteiger partial charge in [0.15, 0.2) is 0 Å². The van der Waals surface area contributed by atoms with E-state index in [2.05, 4.69) is 41.8 Å². The van der Waals surface area contributed by atoms with Gasteiger partial charge in [-0.05, 0) is 50.1 Å². The van der Waals surface area contributed by atoms with Gasteiger partial charge in [0.25, 0.3) is 0 Å². The maximum Gasteiger partial charge on any atom is 0.146 e. The molecule has 1 aromatic heterocycles. The van der Waals surface area contributed by atoms with E-state index in [9.17, 15) is 4.39 Å². The van der Waals surface area contributed by atoms with Crippen LogP contribution in [0.4, 0.5) is 4.39 Å². The highest BCUT2D eigenvalue weighted by atomic mass is 79.9. The van der Waals surface area contributed by atoms with Gasteiger partial charge in [0.05, 0.1) is 10.2 Å². The lowest BCUT2D eigenvalue weighted by Crippen LogP contribution is -2.00. The normalized spacial score (nSPS) is 11.0. The number of hydrogen-bond acceptors (Lipinski definition) is 2. The van der Waals surface area contributed by atoms with Crippen LogP contribution in [0.25, 0.3) is 11.3 Å². The highest BCUT2D eigenvalue weighted by molar-refractivity contribution is 9.10. The Bertz CT molecular complexity index is 585. The Morgan fingerprint density at radius 1 is 1.17 bits per heavy atom.